The van der Waals surface area contributed by atoms with E-state index in [1.807, 2.05) is 0 Å². The average molecular weight is 271 g/mol. The minimum absolute atomic E-state index is 0.124. The molecule has 1 N–H and O–H groups in total. The van der Waals surface area contributed by atoms with Gasteiger partial charge in [0.25, 0.3) is 5.91 Å². The highest BCUT2D eigenvalue weighted by Crippen LogP contribution is 2.17. The summed E-state index contributed by atoms with van der Waals surface area (Å²) in [5.74, 6) is 0.333. The van der Waals surface area contributed by atoms with Gasteiger partial charge in [0, 0.05) is 24.6 Å². The summed E-state index contributed by atoms with van der Waals surface area (Å²) in [5, 5.41) is 3.05. The summed E-state index contributed by atoms with van der Waals surface area (Å²) in [6.45, 7) is 0. The summed E-state index contributed by atoms with van der Waals surface area (Å²) in [7, 11) is 0. The van der Waals surface area contributed by atoms with Crippen molar-refractivity contribution < 1.29 is 4.79 Å². The third-order valence-corrected chi connectivity index (χ3v) is 3.55. The molecule has 1 aliphatic rings. The van der Waals surface area contributed by atoms with Gasteiger partial charge in [-0.05, 0) is 18.9 Å². The molecule has 2 aromatic heterocycles. The van der Waals surface area contributed by atoms with Gasteiger partial charge in [-0.1, -0.05) is 19.3 Å². The molecule has 0 radical (unpaired) electrons. The van der Waals surface area contributed by atoms with Gasteiger partial charge in [0.2, 0.25) is 5.95 Å². The zero-order valence-corrected chi connectivity index (χ0v) is 11.2. The van der Waals surface area contributed by atoms with Crippen LogP contribution in [0.15, 0.2) is 31.0 Å². The Hall–Kier alpha value is -2.24. The Morgan fingerprint density at radius 3 is 2.85 bits per heavy atom. The molecule has 0 atom stereocenters. The summed E-state index contributed by atoms with van der Waals surface area (Å²) in [6, 6.07) is 1.92. The van der Waals surface area contributed by atoms with Crippen LogP contribution in [0.5, 0.6) is 0 Å². The lowest BCUT2D eigenvalue weighted by molar-refractivity contribution is 0.0922. The van der Waals surface area contributed by atoms with Gasteiger partial charge in [0.15, 0.2) is 0 Å². The zero-order chi connectivity index (χ0) is 13.8. The first-order valence-electron chi connectivity index (χ1n) is 6.95. The van der Waals surface area contributed by atoms with E-state index in [9.17, 15) is 4.79 Å². The molecule has 2 aromatic rings. The minimum atomic E-state index is -0.124. The molecule has 1 amide bonds. The third kappa shape index (κ3) is 2.84. The molecule has 2 heterocycles. The predicted molar refractivity (Wildman–Crippen MR) is 73.5 cm³/mol. The maximum absolute atomic E-state index is 12.2. The van der Waals surface area contributed by atoms with E-state index >= 15 is 0 Å². The second-order valence-electron chi connectivity index (χ2n) is 5.02. The Bertz CT molecular complexity index is 575. The van der Waals surface area contributed by atoms with Gasteiger partial charge < -0.3 is 5.32 Å². The zero-order valence-electron chi connectivity index (χ0n) is 11.2. The number of amides is 1. The maximum Gasteiger partial charge on any atom is 0.270 e. The van der Waals surface area contributed by atoms with Crippen LogP contribution in [0, 0.1) is 0 Å². The van der Waals surface area contributed by atoms with Gasteiger partial charge in [-0.2, -0.15) is 0 Å². The van der Waals surface area contributed by atoms with E-state index in [1.54, 1.807) is 35.6 Å². The summed E-state index contributed by atoms with van der Waals surface area (Å²) in [4.78, 5) is 24.6. The molecule has 6 nitrogen and oxygen atoms in total. The molecule has 0 unspecified atom stereocenters. The van der Waals surface area contributed by atoms with Gasteiger partial charge in [-0.3, -0.25) is 9.36 Å². The monoisotopic (exact) mass is 271 g/mol. The smallest absolute Gasteiger partial charge is 0.270 e. The van der Waals surface area contributed by atoms with E-state index in [4.69, 9.17) is 0 Å². The topological polar surface area (TPSA) is 72.7 Å². The summed E-state index contributed by atoms with van der Waals surface area (Å²) < 4.78 is 1.68. The van der Waals surface area contributed by atoms with Crippen LogP contribution in [0.25, 0.3) is 5.95 Å². The first-order valence-corrected chi connectivity index (χ1v) is 6.95. The Morgan fingerprint density at radius 1 is 1.25 bits per heavy atom. The number of nitrogens with zero attached hydrogens (tertiary/aromatic N) is 4. The molecule has 0 aromatic carbocycles. The summed E-state index contributed by atoms with van der Waals surface area (Å²) >= 11 is 0. The quantitative estimate of drug-likeness (QED) is 0.922. The molecular formula is C14H17N5O. The molecular weight excluding hydrogens is 254 g/mol. The number of hydrogen-bond acceptors (Lipinski definition) is 4. The molecule has 20 heavy (non-hydrogen) atoms. The first kappa shape index (κ1) is 12.8. The fraction of sp³-hybridized carbons (Fsp3) is 0.429. The largest absolute Gasteiger partial charge is 0.348 e. The highest BCUT2D eigenvalue weighted by Gasteiger charge is 2.17. The second-order valence-corrected chi connectivity index (χ2v) is 5.02. The second kappa shape index (κ2) is 5.81. The highest BCUT2D eigenvalue weighted by molar-refractivity contribution is 5.92. The van der Waals surface area contributed by atoms with Crippen LogP contribution in [0.2, 0.25) is 0 Å². The van der Waals surface area contributed by atoms with E-state index < -0.39 is 0 Å². The van der Waals surface area contributed by atoms with Crippen molar-refractivity contribution in [3.05, 3.63) is 36.7 Å². The average Bonchev–Trinajstić information content (AvgIpc) is 3.03. The lowest BCUT2D eigenvalue weighted by Crippen LogP contribution is -2.36. The van der Waals surface area contributed by atoms with Gasteiger partial charge >= 0.3 is 0 Å². The molecule has 0 bridgehead atoms. The van der Waals surface area contributed by atoms with E-state index in [0.717, 1.165) is 12.8 Å². The number of carbonyl (C=O) groups is 1. The highest BCUT2D eigenvalue weighted by atomic mass is 16.1. The van der Waals surface area contributed by atoms with Crippen molar-refractivity contribution in [3.63, 3.8) is 0 Å². The normalized spacial score (nSPS) is 16.0. The van der Waals surface area contributed by atoms with Crippen LogP contribution in [0.1, 0.15) is 42.6 Å². The maximum atomic E-state index is 12.2. The molecule has 1 aliphatic carbocycles. The van der Waals surface area contributed by atoms with Crippen LogP contribution in [-0.2, 0) is 0 Å². The van der Waals surface area contributed by atoms with Crippen molar-refractivity contribution in [1.29, 1.82) is 0 Å². The Kier molecular flexibility index (Phi) is 3.71. The fourth-order valence-corrected chi connectivity index (χ4v) is 2.48. The van der Waals surface area contributed by atoms with Gasteiger partial charge in [0.1, 0.15) is 12.0 Å². The molecule has 1 fully saturated rings. The van der Waals surface area contributed by atoms with Crippen molar-refractivity contribution in [2.75, 3.05) is 0 Å². The minimum Gasteiger partial charge on any atom is -0.348 e. The molecule has 104 valence electrons. The Balaban J connectivity index is 1.73. The summed E-state index contributed by atoms with van der Waals surface area (Å²) in [5.41, 5.74) is 0.397. The molecule has 0 spiro atoms. The molecule has 1 saturated carbocycles. The summed E-state index contributed by atoms with van der Waals surface area (Å²) in [6.07, 6.45) is 12.4. The van der Waals surface area contributed by atoms with Gasteiger partial charge in [-0.25, -0.2) is 15.0 Å². The van der Waals surface area contributed by atoms with Crippen molar-refractivity contribution in [3.8, 4) is 5.95 Å². The molecule has 6 heteroatoms. The number of imidazole rings is 1. The van der Waals surface area contributed by atoms with E-state index in [-0.39, 0.29) is 11.9 Å². The van der Waals surface area contributed by atoms with Crippen LogP contribution in [0.3, 0.4) is 0 Å². The van der Waals surface area contributed by atoms with Crippen molar-refractivity contribution in [2.45, 2.75) is 38.1 Å². The SMILES string of the molecule is O=C(NC1CCCCC1)c1ccnc(-n2ccnc2)n1. The number of aromatic nitrogens is 4. The van der Waals surface area contributed by atoms with Crippen LogP contribution >= 0.6 is 0 Å². The van der Waals surface area contributed by atoms with Crippen molar-refractivity contribution >= 4 is 5.91 Å². The van der Waals surface area contributed by atoms with Crippen LogP contribution < -0.4 is 5.32 Å². The van der Waals surface area contributed by atoms with E-state index in [2.05, 4.69) is 20.3 Å². The molecule has 3 rings (SSSR count). The lowest BCUT2D eigenvalue weighted by Gasteiger charge is -2.22. The van der Waals surface area contributed by atoms with Gasteiger partial charge in [0.05, 0.1) is 0 Å². The van der Waals surface area contributed by atoms with Crippen LogP contribution in [0.4, 0.5) is 0 Å². The number of rotatable bonds is 3. The Morgan fingerprint density at radius 2 is 2.10 bits per heavy atom. The fourth-order valence-electron chi connectivity index (χ4n) is 2.48. The lowest BCUT2D eigenvalue weighted by atomic mass is 9.95. The number of carbonyl (C=O) groups excluding carboxylic acids is 1. The third-order valence-electron chi connectivity index (χ3n) is 3.55. The number of hydrogen-bond donors (Lipinski definition) is 1. The van der Waals surface area contributed by atoms with Gasteiger partial charge in [-0.15, -0.1) is 0 Å². The van der Waals surface area contributed by atoms with Crippen molar-refractivity contribution in [1.82, 2.24) is 24.8 Å². The van der Waals surface area contributed by atoms with Crippen molar-refractivity contribution in [2.24, 2.45) is 0 Å². The Labute approximate surface area is 117 Å². The van der Waals surface area contributed by atoms with Crippen LogP contribution in [-0.4, -0.2) is 31.5 Å². The van der Waals surface area contributed by atoms with E-state index in [0.29, 0.717) is 11.6 Å². The number of nitrogens with one attached hydrogen (secondary N) is 1. The van der Waals surface area contributed by atoms with E-state index in [1.165, 1.54) is 19.3 Å². The predicted octanol–water partition coefficient (Wildman–Crippen LogP) is 1.72. The standard InChI is InChI=1S/C14H17N5O/c20-13(17-11-4-2-1-3-5-11)12-6-7-16-14(18-12)19-9-8-15-10-19/h6-11H,1-5H2,(H,17,20). The molecule has 0 aliphatic heterocycles. The first-order chi connectivity index (χ1) is 9.83. The molecule has 0 saturated heterocycles.